The molecular weight excluding hydrogens is 454 g/mol. The summed E-state index contributed by atoms with van der Waals surface area (Å²) in [7, 11) is 0. The third-order valence-electron chi connectivity index (χ3n) is 6.71. The average molecular weight is 486 g/mol. The second kappa shape index (κ2) is 10.9. The van der Waals surface area contributed by atoms with Crippen molar-refractivity contribution < 1.29 is 19.1 Å². The fraction of sp³-hybridized carbons (Fsp3) is 0.310. The molecule has 1 saturated heterocycles. The molecule has 36 heavy (non-hydrogen) atoms. The smallest absolute Gasteiger partial charge is 0.267 e. The maximum atomic E-state index is 13.6. The summed E-state index contributed by atoms with van der Waals surface area (Å²) in [5.74, 6) is -0.0298. The fourth-order valence-electron chi connectivity index (χ4n) is 4.78. The van der Waals surface area contributed by atoms with Gasteiger partial charge in [-0.15, -0.1) is 0 Å². The number of fused-ring (bicyclic) bond motifs is 1. The van der Waals surface area contributed by atoms with Gasteiger partial charge in [0.15, 0.2) is 6.10 Å². The van der Waals surface area contributed by atoms with Gasteiger partial charge in [-0.25, -0.2) is 0 Å². The number of nitrogens with one attached hydrogen (secondary N) is 1. The standard InChI is InChI=1S/C29H31N3O4/c1-21-29(34)32(15-14-31-16-18-35-19-17-31)25-20-24(12-13-26(25)36-21)30-28(33)27(22-8-4-2-5-9-22)23-10-6-3-7-11-23/h2-13,20-21,27H,14-19H2,1H3,(H,30,33). The second-order valence-corrected chi connectivity index (χ2v) is 9.13. The van der Waals surface area contributed by atoms with Crippen LogP contribution in [0, 0.1) is 0 Å². The van der Waals surface area contributed by atoms with Crippen LogP contribution in [0.3, 0.4) is 0 Å². The lowest BCUT2D eigenvalue weighted by Crippen LogP contribution is -2.48. The Balaban J connectivity index is 1.39. The van der Waals surface area contributed by atoms with E-state index in [1.54, 1.807) is 11.8 Å². The first-order valence-corrected chi connectivity index (χ1v) is 12.4. The number of carbonyl (C=O) groups is 2. The quantitative estimate of drug-likeness (QED) is 0.550. The van der Waals surface area contributed by atoms with Gasteiger partial charge >= 0.3 is 0 Å². The Hall–Kier alpha value is -3.68. The first-order valence-electron chi connectivity index (χ1n) is 12.4. The Bertz CT molecular complexity index is 1160. The molecule has 1 atom stereocenters. The summed E-state index contributed by atoms with van der Waals surface area (Å²) >= 11 is 0. The maximum absolute atomic E-state index is 13.6. The van der Waals surface area contributed by atoms with Gasteiger partial charge in [0, 0.05) is 31.9 Å². The number of anilines is 2. The number of ether oxygens (including phenoxy) is 2. The minimum Gasteiger partial charge on any atom is -0.479 e. The number of rotatable bonds is 7. The molecule has 5 rings (SSSR count). The molecule has 0 saturated carbocycles. The predicted octanol–water partition coefficient (Wildman–Crippen LogP) is 3.90. The molecule has 1 unspecified atom stereocenters. The number of nitrogens with zero attached hydrogens (tertiary/aromatic N) is 2. The molecule has 2 aliphatic heterocycles. The van der Waals surface area contributed by atoms with Crippen LogP contribution in [0.5, 0.6) is 5.75 Å². The highest BCUT2D eigenvalue weighted by atomic mass is 16.5. The Morgan fingerprint density at radius 1 is 0.944 bits per heavy atom. The van der Waals surface area contributed by atoms with Crippen molar-refractivity contribution in [3.8, 4) is 5.75 Å². The molecule has 1 fully saturated rings. The highest BCUT2D eigenvalue weighted by molar-refractivity contribution is 6.02. The van der Waals surface area contributed by atoms with Crippen LogP contribution < -0.4 is 15.0 Å². The third kappa shape index (κ3) is 5.27. The van der Waals surface area contributed by atoms with E-state index in [4.69, 9.17) is 9.47 Å². The molecule has 0 spiro atoms. The van der Waals surface area contributed by atoms with Gasteiger partial charge in [0.05, 0.1) is 24.8 Å². The first kappa shape index (κ1) is 24.0. The summed E-state index contributed by atoms with van der Waals surface area (Å²) in [6.07, 6.45) is -0.553. The van der Waals surface area contributed by atoms with Crippen LogP contribution in [0.15, 0.2) is 78.9 Å². The molecule has 186 valence electrons. The monoisotopic (exact) mass is 485 g/mol. The van der Waals surface area contributed by atoms with Crippen molar-refractivity contribution >= 4 is 23.2 Å². The van der Waals surface area contributed by atoms with E-state index in [0.717, 1.165) is 30.8 Å². The van der Waals surface area contributed by atoms with Crippen LogP contribution in [0.4, 0.5) is 11.4 Å². The molecule has 3 aromatic rings. The number of amides is 2. The van der Waals surface area contributed by atoms with Gasteiger partial charge in [0.2, 0.25) is 5.91 Å². The Kier molecular flexibility index (Phi) is 7.30. The zero-order chi connectivity index (χ0) is 24.9. The van der Waals surface area contributed by atoms with Gasteiger partial charge in [-0.2, -0.15) is 0 Å². The van der Waals surface area contributed by atoms with Crippen molar-refractivity contribution in [2.45, 2.75) is 18.9 Å². The zero-order valence-electron chi connectivity index (χ0n) is 20.4. The summed E-state index contributed by atoms with van der Waals surface area (Å²) in [6.45, 7) is 6.21. The van der Waals surface area contributed by atoms with E-state index in [9.17, 15) is 9.59 Å². The summed E-state index contributed by atoms with van der Waals surface area (Å²) < 4.78 is 11.3. The number of carbonyl (C=O) groups excluding carboxylic acids is 2. The van der Waals surface area contributed by atoms with Crippen LogP contribution in [0.25, 0.3) is 0 Å². The van der Waals surface area contributed by atoms with Crippen LogP contribution in [-0.2, 0) is 14.3 Å². The van der Waals surface area contributed by atoms with Crippen molar-refractivity contribution in [1.82, 2.24) is 4.90 Å². The molecule has 1 N–H and O–H groups in total. The molecule has 0 bridgehead atoms. The number of benzene rings is 3. The SMILES string of the molecule is CC1Oc2ccc(NC(=O)C(c3ccccc3)c3ccccc3)cc2N(CCN2CCOCC2)C1=O. The topological polar surface area (TPSA) is 71.1 Å². The summed E-state index contributed by atoms with van der Waals surface area (Å²) in [6, 6.07) is 25.0. The molecule has 7 heteroatoms. The Labute approximate surface area is 211 Å². The molecule has 3 aromatic carbocycles. The maximum Gasteiger partial charge on any atom is 0.267 e. The fourth-order valence-corrected chi connectivity index (χ4v) is 4.78. The van der Waals surface area contributed by atoms with E-state index in [1.807, 2.05) is 78.9 Å². The van der Waals surface area contributed by atoms with Gasteiger partial charge in [0.25, 0.3) is 5.91 Å². The lowest BCUT2D eigenvalue weighted by molar-refractivity contribution is -0.125. The van der Waals surface area contributed by atoms with E-state index in [-0.39, 0.29) is 11.8 Å². The van der Waals surface area contributed by atoms with Crippen molar-refractivity contribution in [3.05, 3.63) is 90.0 Å². The average Bonchev–Trinajstić information content (AvgIpc) is 2.91. The number of hydrogen-bond donors (Lipinski definition) is 1. The van der Waals surface area contributed by atoms with Gasteiger partial charge in [-0.1, -0.05) is 60.7 Å². The van der Waals surface area contributed by atoms with E-state index in [1.165, 1.54) is 0 Å². The van der Waals surface area contributed by atoms with E-state index in [2.05, 4.69) is 10.2 Å². The minimum absolute atomic E-state index is 0.0781. The largest absolute Gasteiger partial charge is 0.479 e. The molecule has 2 heterocycles. The summed E-state index contributed by atoms with van der Waals surface area (Å²) in [5.41, 5.74) is 3.13. The molecule has 2 aliphatic rings. The number of morpholine rings is 1. The van der Waals surface area contributed by atoms with Crippen molar-refractivity contribution in [2.75, 3.05) is 49.6 Å². The molecule has 0 aromatic heterocycles. The van der Waals surface area contributed by atoms with Crippen LogP contribution in [0.2, 0.25) is 0 Å². The third-order valence-corrected chi connectivity index (χ3v) is 6.71. The highest BCUT2D eigenvalue weighted by Crippen LogP contribution is 2.37. The van der Waals surface area contributed by atoms with Crippen molar-refractivity contribution in [3.63, 3.8) is 0 Å². The van der Waals surface area contributed by atoms with E-state index in [0.29, 0.717) is 36.9 Å². The second-order valence-electron chi connectivity index (χ2n) is 9.13. The molecule has 0 aliphatic carbocycles. The molecular formula is C29H31N3O4. The molecule has 7 nitrogen and oxygen atoms in total. The lowest BCUT2D eigenvalue weighted by Gasteiger charge is -2.35. The van der Waals surface area contributed by atoms with Crippen molar-refractivity contribution in [1.29, 1.82) is 0 Å². The first-order chi connectivity index (χ1) is 17.6. The highest BCUT2D eigenvalue weighted by Gasteiger charge is 2.32. The Morgan fingerprint density at radius 2 is 1.58 bits per heavy atom. The number of hydrogen-bond acceptors (Lipinski definition) is 5. The van der Waals surface area contributed by atoms with E-state index >= 15 is 0 Å². The molecule has 2 amide bonds. The van der Waals surface area contributed by atoms with Gasteiger partial charge in [-0.05, 0) is 36.2 Å². The van der Waals surface area contributed by atoms with Gasteiger partial charge < -0.3 is 19.7 Å². The normalized spacial score (nSPS) is 18.0. The van der Waals surface area contributed by atoms with Gasteiger partial charge in [-0.3, -0.25) is 14.5 Å². The minimum atomic E-state index is -0.553. The summed E-state index contributed by atoms with van der Waals surface area (Å²) in [4.78, 5) is 30.7. The predicted molar refractivity (Wildman–Crippen MR) is 140 cm³/mol. The van der Waals surface area contributed by atoms with Crippen molar-refractivity contribution in [2.24, 2.45) is 0 Å². The van der Waals surface area contributed by atoms with E-state index < -0.39 is 12.0 Å². The van der Waals surface area contributed by atoms with Gasteiger partial charge in [0.1, 0.15) is 5.75 Å². The van der Waals surface area contributed by atoms with Crippen LogP contribution in [-0.4, -0.2) is 62.2 Å². The summed E-state index contributed by atoms with van der Waals surface area (Å²) in [5, 5.41) is 3.08. The molecule has 0 radical (unpaired) electrons. The lowest BCUT2D eigenvalue weighted by atomic mass is 9.90. The Morgan fingerprint density at radius 3 is 2.22 bits per heavy atom. The van der Waals surface area contributed by atoms with Crippen LogP contribution >= 0.6 is 0 Å². The zero-order valence-corrected chi connectivity index (χ0v) is 20.4. The van der Waals surface area contributed by atoms with Crippen LogP contribution in [0.1, 0.15) is 24.0 Å².